The normalized spacial score (nSPS) is 19.4. The van der Waals surface area contributed by atoms with Gasteiger partial charge in [0.25, 0.3) is 0 Å². The smallest absolute Gasteiger partial charge is 0.306 e. The van der Waals surface area contributed by atoms with E-state index in [1.165, 1.54) is 0 Å². The predicted molar refractivity (Wildman–Crippen MR) is 103 cm³/mol. The molecular formula is C22H30O2. The van der Waals surface area contributed by atoms with E-state index in [9.17, 15) is 4.79 Å². The van der Waals surface area contributed by atoms with E-state index < -0.39 is 0 Å². The standard InChI is InChI=1S/C22H30O2/c1-2-3-4-5-6-7-8-9-10-11-12-13-14-15-16-17-18-21-19-20-22(23)24-21/h3-4,6-7,9-10,12-13,15-18,21H,2,5,8,11,14,19-20H2,1H3/b4-3-,7-6-,10-9-,13-12-,16-15-,18-17+/t21-/m1/s1. The van der Waals surface area contributed by atoms with E-state index in [1.807, 2.05) is 18.2 Å². The Morgan fingerprint density at radius 2 is 1.38 bits per heavy atom. The topological polar surface area (TPSA) is 26.3 Å². The summed E-state index contributed by atoms with van der Waals surface area (Å²) in [6.07, 6.45) is 31.9. The Bertz CT molecular complexity index is 504. The van der Waals surface area contributed by atoms with Gasteiger partial charge in [0, 0.05) is 6.42 Å². The third-order valence-electron chi connectivity index (χ3n) is 3.48. The highest BCUT2D eigenvalue weighted by atomic mass is 16.5. The molecule has 1 aliphatic rings. The Kier molecular flexibility index (Phi) is 12.1. The zero-order valence-corrected chi connectivity index (χ0v) is 14.8. The minimum absolute atomic E-state index is 0.0282. The van der Waals surface area contributed by atoms with Crippen molar-refractivity contribution in [1.82, 2.24) is 0 Å². The average molecular weight is 326 g/mol. The number of hydrogen-bond acceptors (Lipinski definition) is 2. The van der Waals surface area contributed by atoms with Gasteiger partial charge in [-0.15, -0.1) is 0 Å². The van der Waals surface area contributed by atoms with Crippen LogP contribution in [-0.4, -0.2) is 12.1 Å². The summed E-state index contributed by atoms with van der Waals surface area (Å²) in [4.78, 5) is 10.9. The third kappa shape index (κ3) is 11.5. The molecule has 0 bridgehead atoms. The van der Waals surface area contributed by atoms with Crippen LogP contribution in [0, 0.1) is 0 Å². The van der Waals surface area contributed by atoms with E-state index in [2.05, 4.69) is 61.6 Å². The van der Waals surface area contributed by atoms with Gasteiger partial charge in [0.15, 0.2) is 0 Å². The Balaban J connectivity index is 2.00. The van der Waals surface area contributed by atoms with Crippen LogP contribution >= 0.6 is 0 Å². The van der Waals surface area contributed by atoms with Crippen LogP contribution in [-0.2, 0) is 9.53 Å². The summed E-state index contributed by atoms with van der Waals surface area (Å²) in [6, 6.07) is 0. The molecule has 0 radical (unpaired) electrons. The van der Waals surface area contributed by atoms with E-state index in [4.69, 9.17) is 4.74 Å². The lowest BCUT2D eigenvalue weighted by molar-refractivity contribution is -0.139. The number of rotatable bonds is 11. The van der Waals surface area contributed by atoms with E-state index in [0.29, 0.717) is 6.42 Å². The van der Waals surface area contributed by atoms with Gasteiger partial charge >= 0.3 is 5.97 Å². The Morgan fingerprint density at radius 1 is 0.833 bits per heavy atom. The summed E-state index contributed by atoms with van der Waals surface area (Å²) in [7, 11) is 0. The molecule has 0 unspecified atom stereocenters. The number of hydrogen-bond donors (Lipinski definition) is 0. The van der Waals surface area contributed by atoms with Crippen LogP contribution in [0.3, 0.4) is 0 Å². The van der Waals surface area contributed by atoms with Crippen molar-refractivity contribution in [3.8, 4) is 0 Å². The van der Waals surface area contributed by atoms with Crippen molar-refractivity contribution in [3.63, 3.8) is 0 Å². The first-order valence-electron chi connectivity index (χ1n) is 8.95. The maximum atomic E-state index is 10.9. The van der Waals surface area contributed by atoms with E-state index in [0.717, 1.165) is 38.5 Å². The van der Waals surface area contributed by atoms with Crippen molar-refractivity contribution in [2.75, 3.05) is 0 Å². The molecule has 24 heavy (non-hydrogen) atoms. The molecule has 2 heteroatoms. The van der Waals surface area contributed by atoms with Gasteiger partial charge in [0.2, 0.25) is 0 Å². The first kappa shape index (κ1) is 20.0. The van der Waals surface area contributed by atoms with Crippen LogP contribution < -0.4 is 0 Å². The molecule has 0 aromatic rings. The van der Waals surface area contributed by atoms with Gasteiger partial charge in [0.1, 0.15) is 6.10 Å². The van der Waals surface area contributed by atoms with Crippen LogP contribution in [0.2, 0.25) is 0 Å². The Labute approximate surface area is 147 Å². The molecule has 1 saturated heterocycles. The second-order valence-corrected chi connectivity index (χ2v) is 5.62. The molecule has 1 heterocycles. The van der Waals surface area contributed by atoms with Gasteiger partial charge in [-0.05, 0) is 44.6 Å². The zero-order valence-electron chi connectivity index (χ0n) is 14.8. The lowest BCUT2D eigenvalue weighted by Crippen LogP contribution is -2.01. The van der Waals surface area contributed by atoms with Crippen molar-refractivity contribution >= 4 is 5.97 Å². The summed E-state index contributed by atoms with van der Waals surface area (Å²) in [6.45, 7) is 2.15. The molecule has 1 rings (SSSR count). The molecule has 0 aromatic carbocycles. The molecule has 0 saturated carbocycles. The predicted octanol–water partition coefficient (Wildman–Crippen LogP) is 6.00. The monoisotopic (exact) mass is 326 g/mol. The van der Waals surface area contributed by atoms with Crippen molar-refractivity contribution in [2.24, 2.45) is 0 Å². The number of carbonyl (C=O) groups excluding carboxylic acids is 1. The van der Waals surface area contributed by atoms with Gasteiger partial charge in [-0.3, -0.25) is 4.79 Å². The van der Waals surface area contributed by atoms with Crippen molar-refractivity contribution in [1.29, 1.82) is 0 Å². The molecular weight excluding hydrogens is 296 g/mol. The van der Waals surface area contributed by atoms with Gasteiger partial charge in [0.05, 0.1) is 0 Å². The largest absolute Gasteiger partial charge is 0.458 e. The molecule has 1 aliphatic heterocycles. The highest BCUT2D eigenvalue weighted by Crippen LogP contribution is 2.14. The zero-order chi connectivity index (χ0) is 17.3. The summed E-state index contributed by atoms with van der Waals surface area (Å²) in [5.41, 5.74) is 0. The molecule has 0 amide bonds. The maximum absolute atomic E-state index is 10.9. The van der Waals surface area contributed by atoms with Crippen molar-refractivity contribution in [2.45, 2.75) is 58.0 Å². The molecule has 0 spiro atoms. The SMILES string of the molecule is CC/C=C\C/C=C\C/C=C\C/C=C\C/C=C\C=C\[C@@H]1CCC(=O)O1. The first-order valence-corrected chi connectivity index (χ1v) is 8.95. The quantitative estimate of drug-likeness (QED) is 0.264. The number of ether oxygens (including phenoxy) is 1. The fourth-order valence-electron chi connectivity index (χ4n) is 2.18. The number of carbonyl (C=O) groups is 1. The van der Waals surface area contributed by atoms with Gasteiger partial charge in [-0.2, -0.15) is 0 Å². The highest BCUT2D eigenvalue weighted by molar-refractivity contribution is 5.71. The summed E-state index contributed by atoms with van der Waals surface area (Å²) < 4.78 is 5.10. The van der Waals surface area contributed by atoms with E-state index in [-0.39, 0.29) is 12.1 Å². The fourth-order valence-corrected chi connectivity index (χ4v) is 2.18. The van der Waals surface area contributed by atoms with Gasteiger partial charge in [-0.25, -0.2) is 0 Å². The molecule has 2 nitrogen and oxygen atoms in total. The minimum atomic E-state index is -0.0894. The Morgan fingerprint density at radius 3 is 1.88 bits per heavy atom. The number of allylic oxidation sites excluding steroid dienone is 11. The second kappa shape index (κ2) is 14.5. The van der Waals surface area contributed by atoms with E-state index >= 15 is 0 Å². The van der Waals surface area contributed by atoms with Crippen molar-refractivity contribution < 1.29 is 9.53 Å². The second-order valence-electron chi connectivity index (χ2n) is 5.62. The first-order chi connectivity index (χ1) is 11.8. The molecule has 0 aromatic heterocycles. The van der Waals surface area contributed by atoms with Crippen molar-refractivity contribution in [3.05, 3.63) is 72.9 Å². The highest BCUT2D eigenvalue weighted by Gasteiger charge is 2.19. The fraction of sp³-hybridized carbons (Fsp3) is 0.409. The van der Waals surface area contributed by atoms with Crippen LogP contribution in [0.15, 0.2) is 72.9 Å². The Hall–Kier alpha value is -2.09. The maximum Gasteiger partial charge on any atom is 0.306 e. The molecule has 1 atom stereocenters. The lowest BCUT2D eigenvalue weighted by atomic mass is 10.2. The van der Waals surface area contributed by atoms with Crippen LogP contribution in [0.1, 0.15) is 51.9 Å². The van der Waals surface area contributed by atoms with Crippen LogP contribution in [0.25, 0.3) is 0 Å². The summed E-state index contributed by atoms with van der Waals surface area (Å²) in [5, 5.41) is 0. The van der Waals surface area contributed by atoms with Gasteiger partial charge < -0.3 is 4.74 Å². The molecule has 0 aliphatic carbocycles. The van der Waals surface area contributed by atoms with Crippen LogP contribution in [0.4, 0.5) is 0 Å². The molecule has 0 N–H and O–H groups in total. The number of cyclic esters (lactones) is 1. The summed E-state index contributed by atoms with van der Waals surface area (Å²) >= 11 is 0. The molecule has 1 fully saturated rings. The summed E-state index contributed by atoms with van der Waals surface area (Å²) in [5.74, 6) is -0.0894. The average Bonchev–Trinajstić information content (AvgIpc) is 3.00. The van der Waals surface area contributed by atoms with E-state index in [1.54, 1.807) is 0 Å². The minimum Gasteiger partial charge on any atom is -0.458 e. The number of esters is 1. The van der Waals surface area contributed by atoms with Gasteiger partial charge in [-0.1, -0.05) is 73.8 Å². The molecule has 130 valence electrons. The van der Waals surface area contributed by atoms with Crippen LogP contribution in [0.5, 0.6) is 0 Å². The lowest BCUT2D eigenvalue weighted by Gasteiger charge is -1.99. The third-order valence-corrected chi connectivity index (χ3v) is 3.48.